The van der Waals surface area contributed by atoms with Gasteiger partial charge >= 0.3 is 0 Å². The van der Waals surface area contributed by atoms with Gasteiger partial charge < -0.3 is 15.7 Å². The van der Waals surface area contributed by atoms with Crippen LogP contribution in [-0.4, -0.2) is 46.5 Å². The van der Waals surface area contributed by atoms with E-state index in [0.29, 0.717) is 18.8 Å². The first-order valence-corrected chi connectivity index (χ1v) is 8.99. The van der Waals surface area contributed by atoms with Crippen molar-refractivity contribution in [3.63, 3.8) is 0 Å². The maximum atomic E-state index is 12.7. The van der Waals surface area contributed by atoms with E-state index < -0.39 is 6.10 Å². The average molecular weight is 377 g/mol. The number of carbonyl (C=O) groups excluding carboxylic acids is 1. The molecular formula is C19H25ClN4O2. The maximum Gasteiger partial charge on any atom is 0.272 e. The highest BCUT2D eigenvalue weighted by Gasteiger charge is 2.29. The minimum absolute atomic E-state index is 0. The van der Waals surface area contributed by atoms with Crippen molar-refractivity contribution < 1.29 is 9.90 Å². The van der Waals surface area contributed by atoms with Gasteiger partial charge in [0.15, 0.2) is 5.69 Å². The SMILES string of the molecule is Cc1ccccc1-n1nc(C(=O)NCC2CNCC2O)c2c1CCC2.Cl. The molecule has 2 aliphatic rings. The molecule has 0 saturated carbocycles. The summed E-state index contributed by atoms with van der Waals surface area (Å²) in [6.45, 7) is 3.86. The normalized spacial score (nSPS) is 21.3. The molecule has 1 aromatic heterocycles. The van der Waals surface area contributed by atoms with Crippen molar-refractivity contribution in [2.24, 2.45) is 5.92 Å². The number of carbonyl (C=O) groups is 1. The Morgan fingerprint density at radius 2 is 2.15 bits per heavy atom. The molecule has 1 aliphatic carbocycles. The van der Waals surface area contributed by atoms with Crippen LogP contribution in [0.1, 0.15) is 33.7 Å². The summed E-state index contributed by atoms with van der Waals surface area (Å²) in [6, 6.07) is 8.12. The Balaban J connectivity index is 0.00000196. The Labute approximate surface area is 159 Å². The van der Waals surface area contributed by atoms with Crippen LogP contribution < -0.4 is 10.6 Å². The number of aliphatic hydroxyl groups excluding tert-OH is 1. The fourth-order valence-corrected chi connectivity index (χ4v) is 3.86. The van der Waals surface area contributed by atoms with E-state index in [0.717, 1.165) is 48.3 Å². The summed E-state index contributed by atoms with van der Waals surface area (Å²) in [5, 5.41) is 20.6. The molecule has 2 atom stereocenters. The van der Waals surface area contributed by atoms with Crippen molar-refractivity contribution in [2.75, 3.05) is 19.6 Å². The number of hydrogen-bond acceptors (Lipinski definition) is 4. The number of rotatable bonds is 4. The summed E-state index contributed by atoms with van der Waals surface area (Å²) < 4.78 is 1.94. The fourth-order valence-electron chi connectivity index (χ4n) is 3.86. The van der Waals surface area contributed by atoms with Gasteiger partial charge in [-0.05, 0) is 37.8 Å². The third kappa shape index (κ3) is 3.37. The first-order chi connectivity index (χ1) is 12.1. The number of aliphatic hydroxyl groups is 1. The summed E-state index contributed by atoms with van der Waals surface area (Å²) in [7, 11) is 0. The molecule has 1 aliphatic heterocycles. The lowest BCUT2D eigenvalue weighted by molar-refractivity contribution is 0.0921. The highest BCUT2D eigenvalue weighted by atomic mass is 35.5. The smallest absolute Gasteiger partial charge is 0.272 e. The maximum absolute atomic E-state index is 12.7. The van der Waals surface area contributed by atoms with Gasteiger partial charge in [-0.1, -0.05) is 18.2 Å². The average Bonchev–Trinajstić information content (AvgIpc) is 3.30. The van der Waals surface area contributed by atoms with Crippen LogP contribution in [0.25, 0.3) is 5.69 Å². The van der Waals surface area contributed by atoms with Crippen molar-refractivity contribution in [1.82, 2.24) is 20.4 Å². The molecule has 0 bridgehead atoms. The summed E-state index contributed by atoms with van der Waals surface area (Å²) in [6.07, 6.45) is 2.52. The van der Waals surface area contributed by atoms with E-state index >= 15 is 0 Å². The van der Waals surface area contributed by atoms with Crippen LogP contribution in [0.2, 0.25) is 0 Å². The molecule has 7 heteroatoms. The first-order valence-electron chi connectivity index (χ1n) is 8.99. The second-order valence-electron chi connectivity index (χ2n) is 7.02. The molecule has 2 unspecified atom stereocenters. The predicted octanol–water partition coefficient (Wildman–Crippen LogP) is 1.40. The van der Waals surface area contributed by atoms with Crippen molar-refractivity contribution in [3.05, 3.63) is 46.8 Å². The molecule has 1 aromatic carbocycles. The number of aromatic nitrogens is 2. The van der Waals surface area contributed by atoms with Gasteiger partial charge in [0.25, 0.3) is 5.91 Å². The monoisotopic (exact) mass is 376 g/mol. The van der Waals surface area contributed by atoms with Gasteiger partial charge in [0, 0.05) is 36.8 Å². The minimum Gasteiger partial charge on any atom is -0.391 e. The molecule has 6 nitrogen and oxygen atoms in total. The topological polar surface area (TPSA) is 79.2 Å². The molecule has 3 N–H and O–H groups in total. The number of nitrogens with one attached hydrogen (secondary N) is 2. The largest absolute Gasteiger partial charge is 0.391 e. The molecular weight excluding hydrogens is 352 g/mol. The van der Waals surface area contributed by atoms with Gasteiger partial charge in [-0.2, -0.15) is 5.10 Å². The van der Waals surface area contributed by atoms with Crippen molar-refractivity contribution >= 4 is 18.3 Å². The van der Waals surface area contributed by atoms with E-state index in [2.05, 4.69) is 28.7 Å². The van der Waals surface area contributed by atoms with Crippen LogP contribution in [0.15, 0.2) is 24.3 Å². The zero-order valence-corrected chi connectivity index (χ0v) is 15.7. The Bertz CT molecular complexity index is 805. The highest BCUT2D eigenvalue weighted by molar-refractivity contribution is 5.94. The van der Waals surface area contributed by atoms with Crippen LogP contribution in [0, 0.1) is 12.8 Å². The van der Waals surface area contributed by atoms with Crippen molar-refractivity contribution in [1.29, 1.82) is 0 Å². The Morgan fingerprint density at radius 1 is 1.35 bits per heavy atom. The molecule has 140 valence electrons. The quantitative estimate of drug-likeness (QED) is 0.753. The summed E-state index contributed by atoms with van der Waals surface area (Å²) >= 11 is 0. The van der Waals surface area contributed by atoms with Crippen LogP contribution in [0.4, 0.5) is 0 Å². The number of amides is 1. The molecule has 4 rings (SSSR count). The number of fused-ring (bicyclic) bond motifs is 1. The highest BCUT2D eigenvalue weighted by Crippen LogP contribution is 2.28. The van der Waals surface area contributed by atoms with E-state index in [1.807, 2.05) is 22.9 Å². The first kappa shape index (κ1) is 18.9. The molecule has 1 fully saturated rings. The van der Waals surface area contributed by atoms with E-state index in [9.17, 15) is 9.90 Å². The van der Waals surface area contributed by atoms with E-state index in [4.69, 9.17) is 0 Å². The second-order valence-corrected chi connectivity index (χ2v) is 7.02. The lowest BCUT2D eigenvalue weighted by Crippen LogP contribution is -2.35. The third-order valence-corrected chi connectivity index (χ3v) is 5.32. The lowest BCUT2D eigenvalue weighted by Gasteiger charge is -2.13. The van der Waals surface area contributed by atoms with E-state index in [-0.39, 0.29) is 24.2 Å². The number of β-amino-alcohol motifs (C(OH)–C–C–N with tert-alkyl or cyclic N) is 1. The van der Waals surface area contributed by atoms with Crippen molar-refractivity contribution in [2.45, 2.75) is 32.3 Å². The number of aryl methyl sites for hydroxylation is 1. The van der Waals surface area contributed by atoms with Crippen LogP contribution in [0.5, 0.6) is 0 Å². The van der Waals surface area contributed by atoms with E-state index in [1.54, 1.807) is 0 Å². The summed E-state index contributed by atoms with van der Waals surface area (Å²) in [4.78, 5) is 12.7. The minimum atomic E-state index is -0.393. The standard InChI is InChI=1S/C19H24N4O2.ClH/c1-12-5-2-3-7-15(12)23-16-8-4-6-14(16)18(22-23)19(25)21-10-13-9-20-11-17(13)24;/h2-3,5,7,13,17,20,24H,4,6,8-11H2,1H3,(H,21,25);1H. The number of benzene rings is 1. The van der Waals surface area contributed by atoms with Gasteiger partial charge in [-0.15, -0.1) is 12.4 Å². The molecule has 2 heterocycles. The van der Waals surface area contributed by atoms with Crippen molar-refractivity contribution in [3.8, 4) is 5.69 Å². The molecule has 2 aromatic rings. The summed E-state index contributed by atoms with van der Waals surface area (Å²) in [5.41, 5.74) is 4.95. The van der Waals surface area contributed by atoms with Gasteiger partial charge in [-0.25, -0.2) is 4.68 Å². The van der Waals surface area contributed by atoms with Gasteiger partial charge in [-0.3, -0.25) is 4.79 Å². The van der Waals surface area contributed by atoms with Crippen LogP contribution in [-0.2, 0) is 12.8 Å². The van der Waals surface area contributed by atoms with Crippen LogP contribution >= 0.6 is 12.4 Å². The molecule has 1 amide bonds. The Hall–Kier alpha value is -1.89. The van der Waals surface area contributed by atoms with Crippen LogP contribution in [0.3, 0.4) is 0 Å². The summed E-state index contributed by atoms with van der Waals surface area (Å²) in [5.74, 6) is -0.0694. The van der Waals surface area contributed by atoms with Gasteiger partial charge in [0.1, 0.15) is 0 Å². The Morgan fingerprint density at radius 3 is 2.88 bits per heavy atom. The fraction of sp³-hybridized carbons (Fsp3) is 0.474. The second kappa shape index (κ2) is 7.78. The number of nitrogens with zero attached hydrogens (tertiary/aromatic N) is 2. The zero-order valence-electron chi connectivity index (χ0n) is 14.9. The Kier molecular flexibility index (Phi) is 5.65. The molecule has 1 saturated heterocycles. The predicted molar refractivity (Wildman–Crippen MR) is 102 cm³/mol. The van der Waals surface area contributed by atoms with Gasteiger partial charge in [0.05, 0.1) is 11.8 Å². The lowest BCUT2D eigenvalue weighted by atomic mass is 10.1. The number of halogens is 1. The zero-order chi connectivity index (χ0) is 17.4. The molecule has 0 radical (unpaired) electrons. The van der Waals surface area contributed by atoms with E-state index in [1.165, 1.54) is 0 Å². The number of hydrogen-bond donors (Lipinski definition) is 3. The molecule has 26 heavy (non-hydrogen) atoms. The third-order valence-electron chi connectivity index (χ3n) is 5.32. The number of para-hydroxylation sites is 1. The molecule has 0 spiro atoms. The van der Waals surface area contributed by atoms with Gasteiger partial charge in [0.2, 0.25) is 0 Å².